The number of nitrogens with one attached hydrogen (secondary N) is 1. The molecule has 120 valence electrons. The van der Waals surface area contributed by atoms with Crippen molar-refractivity contribution in [2.24, 2.45) is 0 Å². The first-order valence-corrected chi connectivity index (χ1v) is 7.20. The van der Waals surface area contributed by atoms with Gasteiger partial charge in [-0.15, -0.1) is 0 Å². The van der Waals surface area contributed by atoms with Gasteiger partial charge in [-0.3, -0.25) is 0 Å². The van der Waals surface area contributed by atoms with Crippen LogP contribution in [0, 0.1) is 6.92 Å². The Morgan fingerprint density at radius 2 is 2.04 bits per heavy atom. The summed E-state index contributed by atoms with van der Waals surface area (Å²) in [6.45, 7) is 3.73. The van der Waals surface area contributed by atoms with E-state index in [9.17, 15) is 9.59 Å². The fraction of sp³-hybridized carbons (Fsp3) is 0.312. The Bertz CT molecular complexity index is 722. The van der Waals surface area contributed by atoms with Crippen LogP contribution in [-0.4, -0.2) is 23.1 Å². The minimum Gasteiger partial charge on any atom is -0.484 e. The van der Waals surface area contributed by atoms with E-state index in [0.717, 1.165) is 17.0 Å². The van der Waals surface area contributed by atoms with Crippen molar-refractivity contribution in [2.75, 3.05) is 0 Å². The molecule has 3 rings (SSSR count). The number of hydrogen-bond donors (Lipinski definition) is 1. The molecule has 1 fully saturated rings. The second-order valence-electron chi connectivity index (χ2n) is 5.31. The molecular weight excluding hydrogens is 300 g/mol. The highest BCUT2D eigenvalue weighted by molar-refractivity contribution is 5.95. The molecule has 7 heteroatoms. The van der Waals surface area contributed by atoms with Crippen molar-refractivity contribution in [3.63, 3.8) is 0 Å². The summed E-state index contributed by atoms with van der Waals surface area (Å²) in [6.07, 6.45) is 0.839. The topological polar surface area (TPSA) is 90.7 Å². The lowest BCUT2D eigenvalue weighted by molar-refractivity contribution is -0.135. The molecule has 1 aliphatic heterocycles. The summed E-state index contributed by atoms with van der Waals surface area (Å²) in [4.78, 5) is 26.5. The van der Waals surface area contributed by atoms with E-state index in [1.165, 1.54) is 6.39 Å². The van der Waals surface area contributed by atoms with E-state index in [4.69, 9.17) is 9.15 Å². The van der Waals surface area contributed by atoms with Crippen molar-refractivity contribution in [3.05, 3.63) is 47.7 Å². The Morgan fingerprint density at radius 3 is 2.61 bits per heavy atom. The maximum absolute atomic E-state index is 11.4. The smallest absolute Gasteiger partial charge is 0.415 e. The summed E-state index contributed by atoms with van der Waals surface area (Å²) in [5.41, 5.74) is 1.65. The largest absolute Gasteiger partial charge is 0.484 e. The van der Waals surface area contributed by atoms with Crippen LogP contribution in [-0.2, 0) is 16.0 Å². The van der Waals surface area contributed by atoms with Gasteiger partial charge in [-0.25, -0.2) is 14.6 Å². The molecule has 1 saturated heterocycles. The zero-order chi connectivity index (χ0) is 16.4. The number of aryl methyl sites for hydroxylation is 1. The van der Waals surface area contributed by atoms with Gasteiger partial charge in [-0.1, -0.05) is 12.1 Å². The fourth-order valence-electron chi connectivity index (χ4n) is 2.43. The predicted molar refractivity (Wildman–Crippen MR) is 78.8 cm³/mol. The van der Waals surface area contributed by atoms with Crippen LogP contribution < -0.4 is 10.1 Å². The number of esters is 1. The van der Waals surface area contributed by atoms with Gasteiger partial charge in [0.1, 0.15) is 29.3 Å². The molecule has 7 nitrogen and oxygen atoms in total. The molecule has 2 atom stereocenters. The number of oxazole rings is 1. The first kappa shape index (κ1) is 15.1. The summed E-state index contributed by atoms with van der Waals surface area (Å²) in [5, 5.41) is 2.46. The van der Waals surface area contributed by atoms with Gasteiger partial charge < -0.3 is 19.2 Å². The minimum absolute atomic E-state index is 0.233. The van der Waals surface area contributed by atoms with E-state index >= 15 is 0 Å². The number of benzene rings is 1. The summed E-state index contributed by atoms with van der Waals surface area (Å²) < 4.78 is 15.4. The van der Waals surface area contributed by atoms with Crippen LogP contribution in [0.2, 0.25) is 0 Å². The highest BCUT2D eigenvalue weighted by Crippen LogP contribution is 2.23. The molecule has 23 heavy (non-hydrogen) atoms. The SMILES string of the molecule is Cc1ocnc1C(C)Oc1ccc(CC2NC(=O)OC2=O)cc1. The molecule has 1 aromatic heterocycles. The second-order valence-corrected chi connectivity index (χ2v) is 5.31. The molecule has 0 radical (unpaired) electrons. The van der Waals surface area contributed by atoms with Gasteiger partial charge in [0.25, 0.3) is 0 Å². The van der Waals surface area contributed by atoms with E-state index in [1.807, 2.05) is 38.1 Å². The number of alkyl carbamates (subject to hydrolysis) is 1. The molecule has 2 unspecified atom stereocenters. The number of cyclic esters (lactones) is 2. The van der Waals surface area contributed by atoms with Crippen LogP contribution in [0.25, 0.3) is 0 Å². The fourth-order valence-corrected chi connectivity index (χ4v) is 2.43. The van der Waals surface area contributed by atoms with E-state index in [1.54, 1.807) is 0 Å². The van der Waals surface area contributed by atoms with Gasteiger partial charge in [0.15, 0.2) is 6.39 Å². The third-order valence-electron chi connectivity index (χ3n) is 3.61. The summed E-state index contributed by atoms with van der Waals surface area (Å²) in [6, 6.07) is 6.67. The molecule has 1 amide bonds. The van der Waals surface area contributed by atoms with Crippen molar-refractivity contribution >= 4 is 12.1 Å². The van der Waals surface area contributed by atoms with Gasteiger partial charge in [0, 0.05) is 6.42 Å². The molecule has 1 N–H and O–H groups in total. The summed E-state index contributed by atoms with van der Waals surface area (Å²) >= 11 is 0. The lowest BCUT2D eigenvalue weighted by Gasteiger charge is -2.13. The average Bonchev–Trinajstić information content (AvgIpc) is 3.07. The van der Waals surface area contributed by atoms with Crippen molar-refractivity contribution in [1.82, 2.24) is 10.3 Å². The Kier molecular flexibility index (Phi) is 4.01. The van der Waals surface area contributed by atoms with Crippen LogP contribution in [0.15, 0.2) is 35.1 Å². The zero-order valence-electron chi connectivity index (χ0n) is 12.7. The first-order chi connectivity index (χ1) is 11.0. The standard InChI is InChI=1S/C16H16N2O5/c1-9-14(17-8-21-9)10(2)22-12-5-3-11(4-6-12)7-13-15(19)23-16(20)18-13/h3-6,8,10,13H,7H2,1-2H3,(H,18,20). The highest BCUT2D eigenvalue weighted by Gasteiger charge is 2.32. The summed E-state index contributed by atoms with van der Waals surface area (Å²) in [5.74, 6) is 0.858. The van der Waals surface area contributed by atoms with E-state index in [0.29, 0.717) is 12.2 Å². The zero-order valence-corrected chi connectivity index (χ0v) is 12.7. The van der Waals surface area contributed by atoms with Crippen LogP contribution >= 0.6 is 0 Å². The molecule has 2 heterocycles. The van der Waals surface area contributed by atoms with E-state index < -0.39 is 18.1 Å². The molecule has 1 aromatic carbocycles. The lowest BCUT2D eigenvalue weighted by Crippen LogP contribution is -2.30. The van der Waals surface area contributed by atoms with Crippen LogP contribution in [0.3, 0.4) is 0 Å². The number of rotatable bonds is 5. The van der Waals surface area contributed by atoms with Crippen molar-refractivity contribution < 1.29 is 23.5 Å². The quantitative estimate of drug-likeness (QED) is 0.672. The number of amides is 1. The molecule has 2 aromatic rings. The number of hydrogen-bond acceptors (Lipinski definition) is 6. The Hall–Kier alpha value is -2.83. The third-order valence-corrected chi connectivity index (χ3v) is 3.61. The normalized spacial score (nSPS) is 18.4. The molecule has 0 bridgehead atoms. The number of carbonyl (C=O) groups is 2. The Morgan fingerprint density at radius 1 is 1.30 bits per heavy atom. The lowest BCUT2D eigenvalue weighted by atomic mass is 10.1. The van der Waals surface area contributed by atoms with Gasteiger partial charge in [0.05, 0.1) is 0 Å². The van der Waals surface area contributed by atoms with Crippen LogP contribution in [0.4, 0.5) is 4.79 Å². The van der Waals surface area contributed by atoms with Gasteiger partial charge in [0.2, 0.25) is 0 Å². The summed E-state index contributed by atoms with van der Waals surface area (Å²) in [7, 11) is 0. The third kappa shape index (κ3) is 3.33. The van der Waals surface area contributed by atoms with E-state index in [-0.39, 0.29) is 6.10 Å². The first-order valence-electron chi connectivity index (χ1n) is 7.20. The Balaban J connectivity index is 1.62. The van der Waals surface area contributed by atoms with Crippen molar-refractivity contribution in [3.8, 4) is 5.75 Å². The minimum atomic E-state index is -0.697. The highest BCUT2D eigenvalue weighted by atomic mass is 16.6. The number of ether oxygens (including phenoxy) is 2. The maximum atomic E-state index is 11.4. The molecule has 0 saturated carbocycles. The molecular formula is C16H16N2O5. The maximum Gasteiger partial charge on any atom is 0.415 e. The number of nitrogens with zero attached hydrogens (tertiary/aromatic N) is 1. The average molecular weight is 316 g/mol. The van der Waals surface area contributed by atoms with Crippen LogP contribution in [0.5, 0.6) is 5.75 Å². The predicted octanol–water partition coefficient (Wildman–Crippen LogP) is 2.30. The number of carbonyl (C=O) groups excluding carboxylic acids is 2. The Labute approximate surface area is 132 Å². The second kappa shape index (κ2) is 6.12. The van der Waals surface area contributed by atoms with Crippen molar-refractivity contribution in [1.29, 1.82) is 0 Å². The van der Waals surface area contributed by atoms with E-state index in [2.05, 4.69) is 15.0 Å². The van der Waals surface area contributed by atoms with Gasteiger partial charge in [-0.05, 0) is 31.5 Å². The molecule has 0 spiro atoms. The van der Waals surface area contributed by atoms with Crippen LogP contribution in [0.1, 0.15) is 30.0 Å². The number of aromatic nitrogens is 1. The monoisotopic (exact) mass is 316 g/mol. The van der Waals surface area contributed by atoms with Gasteiger partial charge in [-0.2, -0.15) is 0 Å². The molecule has 1 aliphatic rings. The van der Waals surface area contributed by atoms with Gasteiger partial charge >= 0.3 is 12.1 Å². The molecule has 0 aliphatic carbocycles. The van der Waals surface area contributed by atoms with Crippen molar-refractivity contribution in [2.45, 2.75) is 32.4 Å².